The maximum atomic E-state index is 12.5. The Balaban J connectivity index is 1.98. The molecule has 0 N–H and O–H groups in total. The molecule has 0 radical (unpaired) electrons. The number of hydrogen-bond donors (Lipinski definition) is 0. The van der Waals surface area contributed by atoms with Crippen LogP contribution in [0.4, 0.5) is 0 Å². The molecule has 0 spiro atoms. The van der Waals surface area contributed by atoms with Gasteiger partial charge in [0, 0.05) is 17.1 Å². The highest BCUT2D eigenvalue weighted by Gasteiger charge is 2.17. The predicted octanol–water partition coefficient (Wildman–Crippen LogP) is 4.84. The van der Waals surface area contributed by atoms with Crippen LogP contribution in [0.2, 0.25) is 0 Å². The summed E-state index contributed by atoms with van der Waals surface area (Å²) in [6, 6.07) is 16.1. The Labute approximate surface area is 159 Å². The molecule has 0 aliphatic heterocycles. The first-order valence-corrected chi connectivity index (χ1v) is 10.3. The van der Waals surface area contributed by atoms with E-state index < -0.39 is 10.1 Å². The molecule has 0 saturated carbocycles. The van der Waals surface area contributed by atoms with Gasteiger partial charge in [-0.05, 0) is 44.0 Å². The van der Waals surface area contributed by atoms with E-state index in [0.29, 0.717) is 12.1 Å². The minimum absolute atomic E-state index is 0.0891. The van der Waals surface area contributed by atoms with Crippen LogP contribution >= 0.6 is 0 Å². The second kappa shape index (κ2) is 8.31. The Morgan fingerprint density at radius 2 is 1.81 bits per heavy atom. The van der Waals surface area contributed by atoms with Crippen molar-refractivity contribution in [3.05, 3.63) is 71.9 Å². The van der Waals surface area contributed by atoms with Crippen LogP contribution in [-0.2, 0) is 14.4 Å². The summed E-state index contributed by atoms with van der Waals surface area (Å²) in [6.07, 6.45) is 4.16. The molecule has 0 fully saturated rings. The normalized spacial score (nSPS) is 12.3. The number of para-hydroxylation sites is 1. The minimum Gasteiger partial charge on any atom is -0.264 e. The van der Waals surface area contributed by atoms with E-state index in [-0.39, 0.29) is 4.90 Å². The lowest BCUT2D eigenvalue weighted by Crippen LogP contribution is -2.08. The zero-order valence-corrected chi connectivity index (χ0v) is 16.2. The SMILES string of the molecule is CCCCC(=NOS(=O)(=O)c1ccc(C)cc1)c1ccnc2ccccc12. The van der Waals surface area contributed by atoms with E-state index in [1.54, 1.807) is 18.3 Å². The summed E-state index contributed by atoms with van der Waals surface area (Å²) >= 11 is 0. The van der Waals surface area contributed by atoms with Crippen LogP contribution in [0.5, 0.6) is 0 Å². The zero-order valence-electron chi connectivity index (χ0n) is 15.4. The Morgan fingerprint density at radius 1 is 1.07 bits per heavy atom. The lowest BCUT2D eigenvalue weighted by Gasteiger charge is -2.09. The standard InChI is InChI=1S/C21H22N2O3S/c1-3-4-8-21(19-14-15-22-20-9-6-5-7-18(19)20)23-26-27(24,25)17-12-10-16(2)11-13-17/h5-7,9-15H,3-4,8H2,1-2H3. The van der Waals surface area contributed by atoms with E-state index in [2.05, 4.69) is 17.1 Å². The maximum Gasteiger partial charge on any atom is 0.358 e. The van der Waals surface area contributed by atoms with Crippen LogP contribution in [-0.4, -0.2) is 19.1 Å². The predicted molar refractivity (Wildman–Crippen MR) is 107 cm³/mol. The average molecular weight is 382 g/mol. The van der Waals surface area contributed by atoms with Gasteiger partial charge in [0.1, 0.15) is 4.90 Å². The molecule has 0 saturated heterocycles. The second-order valence-electron chi connectivity index (χ2n) is 6.36. The van der Waals surface area contributed by atoms with Crippen molar-refractivity contribution in [2.75, 3.05) is 0 Å². The van der Waals surface area contributed by atoms with Gasteiger partial charge < -0.3 is 0 Å². The van der Waals surface area contributed by atoms with Crippen LogP contribution in [0.1, 0.15) is 37.3 Å². The number of unbranched alkanes of at least 4 members (excludes halogenated alkanes) is 1. The minimum atomic E-state index is -3.96. The van der Waals surface area contributed by atoms with E-state index in [9.17, 15) is 8.42 Å². The highest BCUT2D eigenvalue weighted by Crippen LogP contribution is 2.21. The monoisotopic (exact) mass is 382 g/mol. The Hall–Kier alpha value is -2.73. The van der Waals surface area contributed by atoms with Crippen LogP contribution in [0, 0.1) is 6.92 Å². The van der Waals surface area contributed by atoms with Gasteiger partial charge in [-0.2, -0.15) is 8.42 Å². The van der Waals surface area contributed by atoms with E-state index in [1.807, 2.05) is 37.3 Å². The van der Waals surface area contributed by atoms with Gasteiger partial charge in [-0.15, -0.1) is 0 Å². The fraction of sp³-hybridized carbons (Fsp3) is 0.238. The van der Waals surface area contributed by atoms with Crippen molar-refractivity contribution in [2.45, 2.75) is 38.0 Å². The van der Waals surface area contributed by atoms with Gasteiger partial charge in [0.2, 0.25) is 0 Å². The number of aromatic nitrogens is 1. The zero-order chi connectivity index (χ0) is 19.3. The van der Waals surface area contributed by atoms with Gasteiger partial charge in [-0.25, -0.2) is 0 Å². The smallest absolute Gasteiger partial charge is 0.264 e. The van der Waals surface area contributed by atoms with Crippen molar-refractivity contribution in [3.63, 3.8) is 0 Å². The number of benzene rings is 2. The van der Waals surface area contributed by atoms with Gasteiger partial charge in [0.05, 0.1) is 11.2 Å². The fourth-order valence-corrected chi connectivity index (χ4v) is 3.51. The number of nitrogens with zero attached hydrogens (tertiary/aromatic N) is 2. The number of rotatable bonds is 7. The molecule has 3 rings (SSSR count). The number of fused-ring (bicyclic) bond motifs is 1. The third kappa shape index (κ3) is 4.52. The van der Waals surface area contributed by atoms with Crippen LogP contribution < -0.4 is 0 Å². The van der Waals surface area contributed by atoms with Crippen molar-refractivity contribution in [1.29, 1.82) is 0 Å². The number of pyridine rings is 1. The van der Waals surface area contributed by atoms with E-state index in [4.69, 9.17) is 4.28 Å². The number of hydrogen-bond acceptors (Lipinski definition) is 5. The van der Waals surface area contributed by atoms with Gasteiger partial charge in [-0.3, -0.25) is 9.27 Å². The molecule has 0 bridgehead atoms. The summed E-state index contributed by atoms with van der Waals surface area (Å²) in [5, 5.41) is 4.98. The summed E-state index contributed by atoms with van der Waals surface area (Å²) in [7, 11) is -3.96. The van der Waals surface area contributed by atoms with E-state index >= 15 is 0 Å². The quantitative estimate of drug-likeness (QED) is 0.433. The molecule has 0 atom stereocenters. The molecule has 5 nitrogen and oxygen atoms in total. The molecule has 0 aliphatic carbocycles. The second-order valence-corrected chi connectivity index (χ2v) is 7.89. The van der Waals surface area contributed by atoms with Crippen molar-refractivity contribution in [2.24, 2.45) is 5.16 Å². The largest absolute Gasteiger partial charge is 0.358 e. The Kier molecular flexibility index (Phi) is 5.86. The first kappa shape index (κ1) is 19.0. The van der Waals surface area contributed by atoms with Crippen molar-refractivity contribution in [3.8, 4) is 0 Å². The molecular weight excluding hydrogens is 360 g/mol. The molecule has 140 valence electrons. The fourth-order valence-electron chi connectivity index (χ4n) is 2.76. The number of aryl methyl sites for hydroxylation is 1. The average Bonchev–Trinajstić information content (AvgIpc) is 2.68. The molecule has 0 aliphatic rings. The van der Waals surface area contributed by atoms with Gasteiger partial charge in [0.15, 0.2) is 0 Å². The molecule has 2 aromatic carbocycles. The summed E-state index contributed by atoms with van der Waals surface area (Å²) < 4.78 is 30.0. The highest BCUT2D eigenvalue weighted by molar-refractivity contribution is 7.86. The van der Waals surface area contributed by atoms with Crippen LogP contribution in [0.25, 0.3) is 10.9 Å². The molecule has 0 unspecified atom stereocenters. The molecule has 3 aromatic rings. The van der Waals surface area contributed by atoms with Gasteiger partial charge in [-0.1, -0.05) is 54.4 Å². The molecular formula is C21H22N2O3S. The van der Waals surface area contributed by atoms with Crippen LogP contribution in [0.3, 0.4) is 0 Å². The van der Waals surface area contributed by atoms with Gasteiger partial charge in [0.25, 0.3) is 0 Å². The summed E-state index contributed by atoms with van der Waals surface area (Å²) in [4.78, 5) is 4.44. The molecule has 1 aromatic heterocycles. The molecule has 27 heavy (non-hydrogen) atoms. The first-order valence-electron chi connectivity index (χ1n) is 8.92. The first-order chi connectivity index (χ1) is 13.0. The van der Waals surface area contributed by atoms with E-state index in [0.717, 1.165) is 34.9 Å². The maximum absolute atomic E-state index is 12.5. The third-order valence-corrected chi connectivity index (χ3v) is 5.40. The van der Waals surface area contributed by atoms with E-state index in [1.165, 1.54) is 12.1 Å². The molecule has 1 heterocycles. The highest BCUT2D eigenvalue weighted by atomic mass is 32.2. The molecule has 0 amide bonds. The Morgan fingerprint density at radius 3 is 2.56 bits per heavy atom. The topological polar surface area (TPSA) is 68.6 Å². The summed E-state index contributed by atoms with van der Waals surface area (Å²) in [5.41, 5.74) is 3.25. The lowest BCUT2D eigenvalue weighted by molar-refractivity contribution is 0.337. The van der Waals surface area contributed by atoms with Crippen molar-refractivity contribution < 1.29 is 12.7 Å². The van der Waals surface area contributed by atoms with Crippen molar-refractivity contribution >= 4 is 26.7 Å². The van der Waals surface area contributed by atoms with Gasteiger partial charge >= 0.3 is 10.1 Å². The Bertz CT molecular complexity index is 1050. The molecule has 6 heteroatoms. The third-order valence-electron chi connectivity index (χ3n) is 4.28. The lowest BCUT2D eigenvalue weighted by atomic mass is 10.0. The summed E-state index contributed by atoms with van der Waals surface area (Å²) in [5.74, 6) is 0. The number of oxime groups is 1. The summed E-state index contributed by atoms with van der Waals surface area (Å²) in [6.45, 7) is 3.97. The van der Waals surface area contributed by atoms with Crippen LogP contribution in [0.15, 0.2) is 70.8 Å². The van der Waals surface area contributed by atoms with Crippen molar-refractivity contribution in [1.82, 2.24) is 4.98 Å².